The normalized spacial score (nSPS) is 12.6. The topological polar surface area (TPSA) is 84.6 Å². The van der Waals surface area contributed by atoms with E-state index in [1.165, 1.54) is 7.11 Å². The lowest BCUT2D eigenvalue weighted by Gasteiger charge is -2.08. The maximum Gasteiger partial charge on any atom is 0.239 e. The van der Waals surface area contributed by atoms with Crippen LogP contribution in [-0.4, -0.2) is 43.9 Å². The Morgan fingerprint density at radius 3 is 2.91 bits per heavy atom. The van der Waals surface area contributed by atoms with E-state index in [4.69, 9.17) is 10.8 Å². The number of rotatable bonds is 5. The largest absolute Gasteiger partial charge is 0.394 e. The van der Waals surface area contributed by atoms with E-state index in [0.29, 0.717) is 13.2 Å². The number of carbonyl (C=O) groups is 1. The molecule has 4 N–H and O–H groups in total. The fourth-order valence-electron chi connectivity index (χ4n) is 0.490. The van der Waals surface area contributed by atoms with Gasteiger partial charge in [-0.1, -0.05) is 0 Å². The number of hydrogen-bond donors (Lipinski definition) is 3. The van der Waals surface area contributed by atoms with Crippen LogP contribution in [-0.2, 0) is 9.53 Å². The Morgan fingerprint density at radius 1 is 1.82 bits per heavy atom. The number of ether oxygens (including phenoxy) is 1. The first-order chi connectivity index (χ1) is 5.22. The summed E-state index contributed by atoms with van der Waals surface area (Å²) in [4.78, 5) is 10.8. The van der Waals surface area contributed by atoms with E-state index in [9.17, 15) is 4.79 Å². The molecule has 66 valence electrons. The second-order valence-electron chi connectivity index (χ2n) is 2.07. The highest BCUT2D eigenvalue weighted by Gasteiger charge is 2.09. The summed E-state index contributed by atoms with van der Waals surface area (Å²) >= 11 is 0. The monoisotopic (exact) mass is 162 g/mol. The molecular weight excluding hydrogens is 148 g/mol. The molecule has 0 aliphatic rings. The maximum absolute atomic E-state index is 10.8. The highest BCUT2D eigenvalue weighted by molar-refractivity contribution is 5.81. The number of hydrogen-bond acceptors (Lipinski definition) is 4. The Bertz CT molecular complexity index is 118. The first kappa shape index (κ1) is 10.3. The van der Waals surface area contributed by atoms with Gasteiger partial charge in [0.1, 0.15) is 6.04 Å². The minimum absolute atomic E-state index is 0.335. The number of nitrogens with one attached hydrogen (secondary N) is 1. The Morgan fingerprint density at radius 2 is 2.45 bits per heavy atom. The number of carbonyl (C=O) groups excluding carboxylic acids is 1. The molecule has 0 aromatic rings. The van der Waals surface area contributed by atoms with E-state index in [0.717, 1.165) is 0 Å². The van der Waals surface area contributed by atoms with Crippen molar-refractivity contribution in [3.05, 3.63) is 0 Å². The van der Waals surface area contributed by atoms with E-state index < -0.39 is 6.04 Å². The molecule has 5 heteroatoms. The lowest BCUT2D eigenvalue weighted by atomic mass is 10.3. The number of amides is 1. The van der Waals surface area contributed by atoms with Crippen molar-refractivity contribution in [1.29, 1.82) is 0 Å². The van der Waals surface area contributed by atoms with Gasteiger partial charge in [0, 0.05) is 13.7 Å². The molecule has 0 saturated carbocycles. The van der Waals surface area contributed by atoms with Crippen molar-refractivity contribution in [2.45, 2.75) is 6.04 Å². The van der Waals surface area contributed by atoms with Gasteiger partial charge < -0.3 is 20.9 Å². The molecule has 0 bridgehead atoms. The third-order valence-corrected chi connectivity index (χ3v) is 1.14. The lowest BCUT2D eigenvalue weighted by Crippen LogP contribution is -2.43. The van der Waals surface area contributed by atoms with Crippen LogP contribution < -0.4 is 11.1 Å². The lowest BCUT2D eigenvalue weighted by molar-refractivity contribution is -0.123. The SMILES string of the molecule is COCCNC(=O)C(N)CO. The van der Waals surface area contributed by atoms with Crippen molar-refractivity contribution in [1.82, 2.24) is 5.32 Å². The highest BCUT2D eigenvalue weighted by atomic mass is 16.5. The van der Waals surface area contributed by atoms with Gasteiger partial charge in [-0.2, -0.15) is 0 Å². The summed E-state index contributed by atoms with van der Waals surface area (Å²) in [6.07, 6.45) is 0. The molecule has 0 heterocycles. The smallest absolute Gasteiger partial charge is 0.239 e. The first-order valence-electron chi connectivity index (χ1n) is 3.35. The average molecular weight is 162 g/mol. The summed E-state index contributed by atoms with van der Waals surface area (Å²) in [5.41, 5.74) is 5.20. The minimum atomic E-state index is -0.827. The van der Waals surface area contributed by atoms with Gasteiger partial charge in [0.2, 0.25) is 5.91 Å². The summed E-state index contributed by atoms with van der Waals surface area (Å²) in [6, 6.07) is -0.827. The molecule has 0 rings (SSSR count). The van der Waals surface area contributed by atoms with Crippen LogP contribution in [0.15, 0.2) is 0 Å². The summed E-state index contributed by atoms with van der Waals surface area (Å²) in [6.45, 7) is 0.533. The molecule has 0 fully saturated rings. The molecule has 0 saturated heterocycles. The predicted octanol–water partition coefficient (Wildman–Crippen LogP) is -1.93. The number of aliphatic hydroxyl groups excluding tert-OH is 1. The summed E-state index contributed by atoms with van der Waals surface area (Å²) in [5, 5.41) is 10.9. The molecule has 1 unspecified atom stereocenters. The van der Waals surface area contributed by atoms with Gasteiger partial charge in [-0.15, -0.1) is 0 Å². The Balaban J connectivity index is 3.36. The number of aliphatic hydroxyl groups is 1. The number of nitrogens with two attached hydrogens (primary N) is 1. The van der Waals surface area contributed by atoms with Gasteiger partial charge in [0.25, 0.3) is 0 Å². The quantitative estimate of drug-likeness (QED) is 0.411. The second kappa shape index (κ2) is 6.09. The molecule has 0 aromatic heterocycles. The summed E-state index contributed by atoms with van der Waals surface area (Å²) in [5.74, 6) is -0.357. The van der Waals surface area contributed by atoms with Crippen LogP contribution in [0, 0.1) is 0 Å². The van der Waals surface area contributed by atoms with Gasteiger partial charge in [-0.05, 0) is 0 Å². The van der Waals surface area contributed by atoms with Crippen LogP contribution in [0.3, 0.4) is 0 Å². The van der Waals surface area contributed by atoms with Crippen LogP contribution >= 0.6 is 0 Å². The zero-order valence-electron chi connectivity index (χ0n) is 6.54. The summed E-state index contributed by atoms with van der Waals surface area (Å²) < 4.78 is 4.69. The molecule has 0 spiro atoms. The average Bonchev–Trinajstić information content (AvgIpc) is 2.03. The molecule has 11 heavy (non-hydrogen) atoms. The zero-order valence-corrected chi connectivity index (χ0v) is 6.54. The molecular formula is C6H14N2O3. The van der Waals surface area contributed by atoms with Crippen LogP contribution in [0.25, 0.3) is 0 Å². The Hall–Kier alpha value is -0.650. The van der Waals surface area contributed by atoms with Crippen molar-refractivity contribution in [2.75, 3.05) is 26.9 Å². The van der Waals surface area contributed by atoms with Crippen molar-refractivity contribution in [2.24, 2.45) is 5.73 Å². The van der Waals surface area contributed by atoms with Gasteiger partial charge in [0.15, 0.2) is 0 Å². The maximum atomic E-state index is 10.8. The van der Waals surface area contributed by atoms with E-state index in [1.54, 1.807) is 0 Å². The third kappa shape index (κ3) is 4.72. The molecule has 0 aliphatic heterocycles. The van der Waals surface area contributed by atoms with E-state index in [1.807, 2.05) is 0 Å². The van der Waals surface area contributed by atoms with E-state index in [2.05, 4.69) is 10.1 Å². The van der Waals surface area contributed by atoms with Crippen molar-refractivity contribution >= 4 is 5.91 Å². The molecule has 0 aliphatic carbocycles. The van der Waals surface area contributed by atoms with E-state index in [-0.39, 0.29) is 12.5 Å². The van der Waals surface area contributed by atoms with Gasteiger partial charge in [0.05, 0.1) is 13.2 Å². The van der Waals surface area contributed by atoms with Crippen LogP contribution in [0.4, 0.5) is 0 Å². The van der Waals surface area contributed by atoms with Crippen molar-refractivity contribution < 1.29 is 14.6 Å². The van der Waals surface area contributed by atoms with Crippen molar-refractivity contribution in [3.63, 3.8) is 0 Å². The van der Waals surface area contributed by atoms with Gasteiger partial charge in [-0.25, -0.2) is 0 Å². The number of methoxy groups -OCH3 is 1. The standard InChI is InChI=1S/C6H14N2O3/c1-11-3-2-8-6(10)5(7)4-9/h5,9H,2-4,7H2,1H3,(H,8,10). The second-order valence-corrected chi connectivity index (χ2v) is 2.07. The summed E-state index contributed by atoms with van der Waals surface area (Å²) in [7, 11) is 1.54. The predicted molar refractivity (Wildman–Crippen MR) is 39.9 cm³/mol. The zero-order chi connectivity index (χ0) is 8.69. The molecule has 1 atom stereocenters. The fourth-order valence-corrected chi connectivity index (χ4v) is 0.490. The third-order valence-electron chi connectivity index (χ3n) is 1.14. The van der Waals surface area contributed by atoms with Crippen LogP contribution in [0.5, 0.6) is 0 Å². The fraction of sp³-hybridized carbons (Fsp3) is 0.833. The Kier molecular flexibility index (Phi) is 5.73. The van der Waals surface area contributed by atoms with Crippen LogP contribution in [0.2, 0.25) is 0 Å². The molecule has 0 aromatic carbocycles. The van der Waals surface area contributed by atoms with Crippen LogP contribution in [0.1, 0.15) is 0 Å². The van der Waals surface area contributed by atoms with Gasteiger partial charge >= 0.3 is 0 Å². The molecule has 0 radical (unpaired) electrons. The van der Waals surface area contributed by atoms with E-state index >= 15 is 0 Å². The minimum Gasteiger partial charge on any atom is -0.394 e. The highest BCUT2D eigenvalue weighted by Crippen LogP contribution is 1.75. The first-order valence-corrected chi connectivity index (χ1v) is 3.35. The molecule has 1 amide bonds. The van der Waals surface area contributed by atoms with Crippen molar-refractivity contribution in [3.8, 4) is 0 Å². The molecule has 5 nitrogen and oxygen atoms in total. The Labute approximate surface area is 65.5 Å². The van der Waals surface area contributed by atoms with Gasteiger partial charge in [-0.3, -0.25) is 4.79 Å².